The third-order valence-corrected chi connectivity index (χ3v) is 3.57. The van der Waals surface area contributed by atoms with Crippen LogP contribution in [0.1, 0.15) is 32.9 Å². The summed E-state index contributed by atoms with van der Waals surface area (Å²) in [6.45, 7) is 4.03. The number of aromatic nitrogens is 1. The monoisotopic (exact) mass is 245 g/mol. The lowest BCUT2D eigenvalue weighted by Crippen LogP contribution is -2.03. The molecule has 0 N–H and O–H groups in total. The Kier molecular flexibility index (Phi) is 3.69. The summed E-state index contributed by atoms with van der Waals surface area (Å²) in [6.07, 6.45) is 3.06. The topological polar surface area (TPSA) is 30.0 Å². The molecular formula is C14H15NOS. The molecule has 0 saturated carbocycles. The molecule has 0 radical (unpaired) electrons. The van der Waals surface area contributed by atoms with E-state index in [1.54, 1.807) is 17.5 Å². The normalized spacial score (nSPS) is 10.5. The average molecular weight is 245 g/mol. The van der Waals surface area contributed by atoms with E-state index in [0.29, 0.717) is 6.42 Å². The van der Waals surface area contributed by atoms with Gasteiger partial charge < -0.3 is 0 Å². The third-order valence-electron chi connectivity index (χ3n) is 2.73. The summed E-state index contributed by atoms with van der Waals surface area (Å²) >= 11 is 1.60. The van der Waals surface area contributed by atoms with Crippen molar-refractivity contribution < 1.29 is 4.79 Å². The van der Waals surface area contributed by atoms with Gasteiger partial charge in [-0.15, -0.1) is 11.3 Å². The van der Waals surface area contributed by atoms with Crippen molar-refractivity contribution in [3.05, 3.63) is 51.5 Å². The van der Waals surface area contributed by atoms with Crippen LogP contribution in [0.5, 0.6) is 0 Å². The summed E-state index contributed by atoms with van der Waals surface area (Å²) in [7, 11) is 0. The molecule has 2 rings (SSSR count). The molecule has 0 aliphatic heterocycles. The number of ketones is 1. The summed E-state index contributed by atoms with van der Waals surface area (Å²) in [5.41, 5.74) is 3.10. The van der Waals surface area contributed by atoms with Crippen LogP contribution in [0.4, 0.5) is 0 Å². The zero-order chi connectivity index (χ0) is 12.3. The minimum Gasteiger partial charge on any atom is -0.294 e. The van der Waals surface area contributed by atoms with E-state index in [-0.39, 0.29) is 5.78 Å². The summed E-state index contributed by atoms with van der Waals surface area (Å²) < 4.78 is 0. The molecule has 0 aliphatic rings. The van der Waals surface area contributed by atoms with Crippen molar-refractivity contribution in [1.82, 2.24) is 4.98 Å². The van der Waals surface area contributed by atoms with Gasteiger partial charge in [0.1, 0.15) is 0 Å². The zero-order valence-corrected chi connectivity index (χ0v) is 10.9. The van der Waals surface area contributed by atoms with Gasteiger partial charge in [-0.3, -0.25) is 4.79 Å². The highest BCUT2D eigenvalue weighted by molar-refractivity contribution is 7.09. The van der Waals surface area contributed by atoms with Gasteiger partial charge >= 0.3 is 0 Å². The maximum Gasteiger partial charge on any atom is 0.163 e. The van der Waals surface area contributed by atoms with Crippen LogP contribution in [0.2, 0.25) is 0 Å². The molecule has 0 aliphatic carbocycles. The van der Waals surface area contributed by atoms with Gasteiger partial charge in [-0.05, 0) is 19.4 Å². The molecule has 1 aromatic carbocycles. The van der Waals surface area contributed by atoms with Crippen molar-refractivity contribution in [3.8, 4) is 0 Å². The van der Waals surface area contributed by atoms with Gasteiger partial charge in [0.25, 0.3) is 0 Å². The second-order valence-corrected chi connectivity index (χ2v) is 5.15. The van der Waals surface area contributed by atoms with E-state index in [2.05, 4.69) is 11.1 Å². The fraction of sp³-hybridized carbons (Fsp3) is 0.286. The first-order chi connectivity index (χ1) is 8.16. The van der Waals surface area contributed by atoms with Crippen LogP contribution >= 0.6 is 11.3 Å². The minimum absolute atomic E-state index is 0.206. The molecule has 0 unspecified atom stereocenters. The van der Waals surface area contributed by atoms with Crippen LogP contribution in [0, 0.1) is 13.8 Å². The molecule has 0 saturated heterocycles. The van der Waals surface area contributed by atoms with Crippen molar-refractivity contribution in [3.63, 3.8) is 0 Å². The number of nitrogens with zero attached hydrogens (tertiary/aromatic N) is 1. The lowest BCUT2D eigenvalue weighted by atomic mass is 10.00. The second-order valence-electron chi connectivity index (χ2n) is 4.17. The number of rotatable bonds is 4. The summed E-state index contributed by atoms with van der Waals surface area (Å²) in [5, 5.41) is 2.97. The Balaban J connectivity index is 2.04. The molecule has 88 valence electrons. The molecule has 1 heterocycles. The maximum atomic E-state index is 12.0. The summed E-state index contributed by atoms with van der Waals surface area (Å²) in [5.74, 6) is 0.206. The standard InChI is InChI=1S/C14H15NOS/c1-10-3-4-12(11(2)9-10)13(16)5-6-14-15-7-8-17-14/h3-4,7-9H,5-6H2,1-2H3. The Bertz CT molecular complexity index is 517. The van der Waals surface area contributed by atoms with Gasteiger partial charge in [0.15, 0.2) is 5.78 Å². The van der Waals surface area contributed by atoms with Crippen molar-refractivity contribution in [2.45, 2.75) is 26.7 Å². The van der Waals surface area contributed by atoms with Crippen molar-refractivity contribution >= 4 is 17.1 Å². The molecule has 0 bridgehead atoms. The van der Waals surface area contributed by atoms with E-state index in [9.17, 15) is 4.79 Å². The molecule has 17 heavy (non-hydrogen) atoms. The number of hydrogen-bond donors (Lipinski definition) is 0. The lowest BCUT2D eigenvalue weighted by molar-refractivity contribution is 0.0982. The number of carbonyl (C=O) groups excluding carboxylic acids is 1. The fourth-order valence-electron chi connectivity index (χ4n) is 1.86. The van der Waals surface area contributed by atoms with Gasteiger partial charge in [0.05, 0.1) is 5.01 Å². The van der Waals surface area contributed by atoms with E-state index in [0.717, 1.165) is 22.6 Å². The molecular weight excluding hydrogens is 230 g/mol. The predicted octanol–water partition coefficient (Wildman–Crippen LogP) is 3.58. The SMILES string of the molecule is Cc1ccc(C(=O)CCc2nccs2)c(C)c1. The van der Waals surface area contributed by atoms with Crippen LogP contribution in [0.15, 0.2) is 29.8 Å². The maximum absolute atomic E-state index is 12.0. The third kappa shape index (κ3) is 3.01. The molecule has 3 heteroatoms. The Morgan fingerprint density at radius 1 is 1.35 bits per heavy atom. The molecule has 2 aromatic rings. The highest BCUT2D eigenvalue weighted by atomic mass is 32.1. The predicted molar refractivity (Wildman–Crippen MR) is 70.7 cm³/mol. The first kappa shape index (κ1) is 12.0. The Morgan fingerprint density at radius 2 is 2.18 bits per heavy atom. The molecule has 2 nitrogen and oxygen atoms in total. The molecule has 0 amide bonds. The number of thiazole rings is 1. The fourth-order valence-corrected chi connectivity index (χ4v) is 2.48. The van der Waals surface area contributed by atoms with Crippen LogP contribution < -0.4 is 0 Å². The molecule has 1 aromatic heterocycles. The largest absolute Gasteiger partial charge is 0.294 e. The number of Topliss-reactive ketones (excluding diaryl/α,β-unsaturated/α-hetero) is 1. The quantitative estimate of drug-likeness (QED) is 0.771. The van der Waals surface area contributed by atoms with Crippen LogP contribution in [0.3, 0.4) is 0 Å². The Labute approximate surface area is 105 Å². The van der Waals surface area contributed by atoms with Crippen LogP contribution in [0.25, 0.3) is 0 Å². The van der Waals surface area contributed by atoms with E-state index >= 15 is 0 Å². The van der Waals surface area contributed by atoms with Gasteiger partial charge in [-0.2, -0.15) is 0 Å². The van der Waals surface area contributed by atoms with Crippen LogP contribution in [-0.4, -0.2) is 10.8 Å². The van der Waals surface area contributed by atoms with Crippen molar-refractivity contribution in [1.29, 1.82) is 0 Å². The van der Waals surface area contributed by atoms with Crippen LogP contribution in [-0.2, 0) is 6.42 Å². The number of hydrogen-bond acceptors (Lipinski definition) is 3. The van der Waals surface area contributed by atoms with Crippen molar-refractivity contribution in [2.75, 3.05) is 0 Å². The van der Waals surface area contributed by atoms with E-state index in [1.807, 2.05) is 31.4 Å². The Morgan fingerprint density at radius 3 is 2.82 bits per heavy atom. The van der Waals surface area contributed by atoms with Gasteiger partial charge in [-0.25, -0.2) is 4.98 Å². The van der Waals surface area contributed by atoms with Crippen molar-refractivity contribution in [2.24, 2.45) is 0 Å². The van der Waals surface area contributed by atoms with Gasteiger partial charge in [0.2, 0.25) is 0 Å². The van der Waals surface area contributed by atoms with E-state index in [4.69, 9.17) is 0 Å². The summed E-state index contributed by atoms with van der Waals surface area (Å²) in [4.78, 5) is 16.2. The second kappa shape index (κ2) is 5.23. The van der Waals surface area contributed by atoms with Gasteiger partial charge in [-0.1, -0.05) is 23.8 Å². The number of aryl methyl sites for hydroxylation is 3. The number of benzene rings is 1. The van der Waals surface area contributed by atoms with Gasteiger partial charge in [0, 0.05) is 30.0 Å². The highest BCUT2D eigenvalue weighted by Gasteiger charge is 2.09. The zero-order valence-electron chi connectivity index (χ0n) is 10.1. The lowest BCUT2D eigenvalue weighted by Gasteiger charge is -2.05. The van der Waals surface area contributed by atoms with E-state index < -0.39 is 0 Å². The average Bonchev–Trinajstić information content (AvgIpc) is 2.78. The van der Waals surface area contributed by atoms with E-state index in [1.165, 1.54) is 5.56 Å². The minimum atomic E-state index is 0.206. The smallest absolute Gasteiger partial charge is 0.163 e. The molecule has 0 spiro atoms. The first-order valence-corrected chi connectivity index (χ1v) is 6.53. The Hall–Kier alpha value is -1.48. The summed E-state index contributed by atoms with van der Waals surface area (Å²) in [6, 6.07) is 5.97. The molecule has 0 fully saturated rings. The first-order valence-electron chi connectivity index (χ1n) is 5.65. The molecule has 0 atom stereocenters. The highest BCUT2D eigenvalue weighted by Crippen LogP contribution is 2.15. The number of carbonyl (C=O) groups is 1.